The number of hydrogen-bond acceptors (Lipinski definition) is 5. The SMILES string of the molecule is CC(C)COP(=S)(OCC(C)C)SCC(=O)O. The monoisotopic (exact) mass is 300 g/mol. The van der Waals surface area contributed by atoms with E-state index in [0.717, 1.165) is 11.4 Å². The van der Waals surface area contributed by atoms with Crippen LogP contribution in [-0.2, 0) is 25.6 Å². The maximum Gasteiger partial charge on any atom is 0.314 e. The van der Waals surface area contributed by atoms with Crippen molar-refractivity contribution >= 4 is 34.9 Å². The van der Waals surface area contributed by atoms with Crippen LogP contribution >= 0.6 is 17.1 Å². The molecule has 0 radical (unpaired) electrons. The largest absolute Gasteiger partial charge is 0.481 e. The maximum absolute atomic E-state index is 10.6. The maximum atomic E-state index is 10.6. The van der Waals surface area contributed by atoms with Crippen molar-refractivity contribution in [2.24, 2.45) is 11.8 Å². The van der Waals surface area contributed by atoms with Crippen LogP contribution in [0.15, 0.2) is 0 Å². The lowest BCUT2D eigenvalue weighted by atomic mass is 10.2. The Morgan fingerprint density at radius 1 is 1.24 bits per heavy atom. The molecular formula is C10H21O4PS2. The van der Waals surface area contributed by atoms with E-state index in [1.807, 2.05) is 27.7 Å². The third kappa shape index (κ3) is 10.0. The highest BCUT2D eigenvalue weighted by atomic mass is 32.9. The zero-order valence-corrected chi connectivity index (χ0v) is 13.2. The molecule has 0 bridgehead atoms. The molecule has 0 aromatic heterocycles. The van der Waals surface area contributed by atoms with Crippen LogP contribution in [0.1, 0.15) is 27.7 Å². The zero-order chi connectivity index (χ0) is 13.5. The predicted octanol–water partition coefficient (Wildman–Crippen LogP) is 3.37. The van der Waals surface area contributed by atoms with Gasteiger partial charge in [0.1, 0.15) is 5.75 Å². The standard InChI is InChI=1S/C10H21O4PS2/c1-8(2)5-13-15(16,14-6-9(3)4)17-7-10(11)12/h8-9H,5-7H2,1-4H3,(H,11,12). The van der Waals surface area contributed by atoms with Gasteiger partial charge < -0.3 is 14.2 Å². The zero-order valence-electron chi connectivity index (χ0n) is 10.7. The average molecular weight is 300 g/mol. The highest BCUT2D eigenvalue weighted by molar-refractivity contribution is 8.68. The van der Waals surface area contributed by atoms with Gasteiger partial charge in [-0.25, -0.2) is 0 Å². The minimum absolute atomic E-state index is 0.0759. The Balaban J connectivity index is 4.34. The van der Waals surface area contributed by atoms with Gasteiger partial charge in [-0.2, -0.15) is 0 Å². The summed E-state index contributed by atoms with van der Waals surface area (Å²) in [7, 11) is 0. The molecule has 0 saturated heterocycles. The van der Waals surface area contributed by atoms with Gasteiger partial charge in [-0.15, -0.1) is 0 Å². The topological polar surface area (TPSA) is 55.8 Å². The van der Waals surface area contributed by atoms with Crippen LogP contribution in [0.5, 0.6) is 0 Å². The third-order valence-electron chi connectivity index (χ3n) is 1.48. The van der Waals surface area contributed by atoms with Crippen LogP contribution in [0.3, 0.4) is 0 Å². The normalized spacial score (nSPS) is 12.4. The van der Waals surface area contributed by atoms with E-state index < -0.39 is 11.7 Å². The van der Waals surface area contributed by atoms with E-state index in [0.29, 0.717) is 25.0 Å². The van der Waals surface area contributed by atoms with Crippen LogP contribution < -0.4 is 0 Å². The molecule has 0 atom stereocenters. The molecule has 0 aromatic carbocycles. The second kappa shape index (κ2) is 8.48. The summed E-state index contributed by atoms with van der Waals surface area (Å²) in [6.45, 7) is 9.08. The molecular weight excluding hydrogens is 279 g/mol. The van der Waals surface area contributed by atoms with Gasteiger partial charge >= 0.3 is 5.97 Å². The molecule has 4 nitrogen and oxygen atoms in total. The Kier molecular flexibility index (Phi) is 8.68. The van der Waals surface area contributed by atoms with Crippen LogP contribution in [0.25, 0.3) is 0 Å². The summed E-state index contributed by atoms with van der Waals surface area (Å²) < 4.78 is 11.2. The van der Waals surface area contributed by atoms with Gasteiger partial charge in [0.2, 0.25) is 5.69 Å². The van der Waals surface area contributed by atoms with E-state index in [-0.39, 0.29) is 5.75 Å². The quantitative estimate of drug-likeness (QED) is 0.659. The molecule has 1 N–H and O–H groups in total. The summed E-state index contributed by atoms with van der Waals surface area (Å²) in [5.41, 5.74) is -2.51. The number of rotatable bonds is 9. The molecule has 0 saturated carbocycles. The molecule has 0 fully saturated rings. The first-order valence-electron chi connectivity index (χ1n) is 5.50. The van der Waals surface area contributed by atoms with Crippen molar-refractivity contribution in [3.05, 3.63) is 0 Å². The molecule has 0 rings (SSSR count). The van der Waals surface area contributed by atoms with Crippen molar-refractivity contribution < 1.29 is 18.9 Å². The van der Waals surface area contributed by atoms with Crippen molar-refractivity contribution in [3.63, 3.8) is 0 Å². The van der Waals surface area contributed by atoms with Gasteiger partial charge in [-0.05, 0) is 23.6 Å². The Labute approximate surface area is 112 Å². The summed E-state index contributed by atoms with van der Waals surface area (Å²) in [6, 6.07) is 0. The van der Waals surface area contributed by atoms with E-state index in [1.54, 1.807) is 0 Å². The molecule has 0 amide bonds. The van der Waals surface area contributed by atoms with Crippen molar-refractivity contribution in [3.8, 4) is 0 Å². The minimum atomic E-state index is -2.51. The van der Waals surface area contributed by atoms with Crippen LogP contribution in [0.2, 0.25) is 0 Å². The van der Waals surface area contributed by atoms with Gasteiger partial charge in [-0.1, -0.05) is 39.1 Å². The highest BCUT2D eigenvalue weighted by Crippen LogP contribution is 2.61. The predicted molar refractivity (Wildman–Crippen MR) is 76.0 cm³/mol. The summed E-state index contributed by atoms with van der Waals surface area (Å²) in [4.78, 5) is 10.6. The molecule has 0 aliphatic rings. The average Bonchev–Trinajstić information content (AvgIpc) is 2.21. The van der Waals surface area contributed by atoms with Gasteiger partial charge in [0.15, 0.2) is 0 Å². The molecule has 0 aromatic rings. The van der Waals surface area contributed by atoms with E-state index in [9.17, 15) is 4.79 Å². The second-order valence-corrected chi connectivity index (χ2v) is 10.8. The molecule has 7 heteroatoms. The fraction of sp³-hybridized carbons (Fsp3) is 0.900. The van der Waals surface area contributed by atoms with Crippen LogP contribution in [0.4, 0.5) is 0 Å². The number of hydrogen-bond donors (Lipinski definition) is 1. The lowest BCUT2D eigenvalue weighted by molar-refractivity contribution is -0.133. The number of aliphatic carboxylic acids is 1. The van der Waals surface area contributed by atoms with Crippen molar-refractivity contribution in [2.75, 3.05) is 19.0 Å². The van der Waals surface area contributed by atoms with E-state index in [1.165, 1.54) is 0 Å². The second-order valence-electron chi connectivity index (χ2n) is 4.49. The Morgan fingerprint density at radius 2 is 1.65 bits per heavy atom. The van der Waals surface area contributed by atoms with E-state index in [2.05, 4.69) is 0 Å². The molecule has 0 aliphatic carbocycles. The third-order valence-corrected chi connectivity index (χ3v) is 6.65. The number of carbonyl (C=O) groups is 1. The summed E-state index contributed by atoms with van der Waals surface area (Å²) in [5.74, 6) is -0.269. The molecule has 17 heavy (non-hydrogen) atoms. The lowest BCUT2D eigenvalue weighted by Gasteiger charge is -2.22. The molecule has 102 valence electrons. The van der Waals surface area contributed by atoms with Crippen molar-refractivity contribution in [1.29, 1.82) is 0 Å². The van der Waals surface area contributed by atoms with Crippen LogP contribution in [-0.4, -0.2) is 30.0 Å². The van der Waals surface area contributed by atoms with Gasteiger partial charge in [0, 0.05) is 0 Å². The Morgan fingerprint density at radius 3 is 1.94 bits per heavy atom. The van der Waals surface area contributed by atoms with Gasteiger partial charge in [0.25, 0.3) is 0 Å². The molecule has 0 aliphatic heterocycles. The Bertz CT molecular complexity index is 265. The molecule has 0 heterocycles. The lowest BCUT2D eigenvalue weighted by Crippen LogP contribution is -2.06. The fourth-order valence-corrected chi connectivity index (χ4v) is 4.64. The summed E-state index contributed by atoms with van der Waals surface area (Å²) in [6.07, 6.45) is 0. The minimum Gasteiger partial charge on any atom is -0.481 e. The van der Waals surface area contributed by atoms with Gasteiger partial charge in [0.05, 0.1) is 13.2 Å². The molecule has 0 unspecified atom stereocenters. The molecule has 0 spiro atoms. The number of carboxylic acid groups (broad SMARTS) is 1. The van der Waals surface area contributed by atoms with E-state index in [4.69, 9.17) is 26.0 Å². The summed E-state index contributed by atoms with van der Waals surface area (Å²) in [5, 5.41) is 8.67. The Hall–Kier alpha value is 0.390. The van der Waals surface area contributed by atoms with Gasteiger partial charge in [-0.3, -0.25) is 4.79 Å². The van der Waals surface area contributed by atoms with Crippen molar-refractivity contribution in [1.82, 2.24) is 0 Å². The van der Waals surface area contributed by atoms with Crippen LogP contribution in [0, 0.1) is 11.8 Å². The first kappa shape index (κ1) is 17.4. The van der Waals surface area contributed by atoms with E-state index >= 15 is 0 Å². The smallest absolute Gasteiger partial charge is 0.314 e. The first-order chi connectivity index (χ1) is 7.75. The first-order valence-corrected chi connectivity index (χ1v) is 9.73. The van der Waals surface area contributed by atoms with Crippen molar-refractivity contribution in [2.45, 2.75) is 27.7 Å². The fourth-order valence-electron chi connectivity index (χ4n) is 0.727. The number of carboxylic acids is 1. The highest BCUT2D eigenvalue weighted by Gasteiger charge is 2.22. The summed E-state index contributed by atoms with van der Waals surface area (Å²) >= 11 is 6.42.